The van der Waals surface area contributed by atoms with Gasteiger partial charge >= 0.3 is 0 Å². The summed E-state index contributed by atoms with van der Waals surface area (Å²) in [6, 6.07) is 15.4. The highest BCUT2D eigenvalue weighted by Crippen LogP contribution is 2.22. The lowest BCUT2D eigenvalue weighted by atomic mass is 9.95. The smallest absolute Gasteiger partial charge is 0.0925 e. The summed E-state index contributed by atoms with van der Waals surface area (Å²) in [5, 5.41) is 3.71. The highest BCUT2D eigenvalue weighted by Gasteiger charge is 2.22. The third-order valence-electron chi connectivity index (χ3n) is 4.81. The normalized spacial score (nSPS) is 18.1. The summed E-state index contributed by atoms with van der Waals surface area (Å²) >= 11 is 0. The van der Waals surface area contributed by atoms with E-state index in [0.717, 1.165) is 30.5 Å². The molecule has 0 saturated heterocycles. The molecule has 0 spiro atoms. The number of nitrogens with zero attached hydrogens (tertiary/aromatic N) is 2. The van der Waals surface area contributed by atoms with Gasteiger partial charge in [0, 0.05) is 36.0 Å². The van der Waals surface area contributed by atoms with E-state index in [2.05, 4.69) is 63.6 Å². The number of hydrogen-bond donors (Lipinski definition) is 2. The first-order chi connectivity index (χ1) is 11.8. The number of aryl methyl sites for hydroxylation is 1. The van der Waals surface area contributed by atoms with E-state index in [1.807, 2.05) is 12.3 Å². The van der Waals surface area contributed by atoms with Crippen LogP contribution < -0.4 is 5.32 Å². The number of H-pyrrole nitrogens is 1. The quantitative estimate of drug-likeness (QED) is 0.771. The lowest BCUT2D eigenvalue weighted by Gasteiger charge is -2.26. The molecule has 2 heterocycles. The number of rotatable bonds is 4. The molecule has 0 fully saturated rings. The summed E-state index contributed by atoms with van der Waals surface area (Å²) < 4.78 is 0. The number of benzene rings is 1. The Kier molecular flexibility index (Phi) is 4.13. The first kappa shape index (κ1) is 15.1. The van der Waals surface area contributed by atoms with Gasteiger partial charge in [-0.25, -0.2) is 4.98 Å². The second-order valence-electron chi connectivity index (χ2n) is 6.49. The van der Waals surface area contributed by atoms with Crippen molar-refractivity contribution >= 4 is 0 Å². The molecule has 0 amide bonds. The molecule has 0 bridgehead atoms. The van der Waals surface area contributed by atoms with Crippen molar-refractivity contribution in [2.24, 2.45) is 0 Å². The van der Waals surface area contributed by atoms with E-state index in [1.165, 1.54) is 17.0 Å². The van der Waals surface area contributed by atoms with Crippen molar-refractivity contribution < 1.29 is 0 Å². The van der Waals surface area contributed by atoms with Gasteiger partial charge in [0.05, 0.1) is 17.7 Å². The number of fused-ring (bicyclic) bond motifs is 1. The topological polar surface area (TPSA) is 53.6 Å². The van der Waals surface area contributed by atoms with Crippen LogP contribution >= 0.6 is 0 Å². The zero-order chi connectivity index (χ0) is 16.4. The maximum Gasteiger partial charge on any atom is 0.0925 e. The molecule has 1 aliphatic rings. The van der Waals surface area contributed by atoms with Crippen molar-refractivity contribution in [3.05, 3.63) is 72.1 Å². The van der Waals surface area contributed by atoms with Crippen molar-refractivity contribution in [2.75, 3.05) is 0 Å². The van der Waals surface area contributed by atoms with Crippen LogP contribution in [0.4, 0.5) is 0 Å². The summed E-state index contributed by atoms with van der Waals surface area (Å²) in [6.07, 6.45) is 6.96. The Hall–Kier alpha value is -2.46. The summed E-state index contributed by atoms with van der Waals surface area (Å²) in [5.74, 6) is 0. The van der Waals surface area contributed by atoms with Crippen LogP contribution in [-0.4, -0.2) is 21.0 Å². The molecular weight excluding hydrogens is 296 g/mol. The van der Waals surface area contributed by atoms with Gasteiger partial charge in [0.25, 0.3) is 0 Å². The molecule has 24 heavy (non-hydrogen) atoms. The standard InChI is InChI=1S/C20H22N4/c1-14(24-17-8-10-19-20(11-17)23-13-22-19)18-9-7-16(12-21-18)15-5-3-2-4-6-15/h2-7,9,12-14,17,24H,8,10-11H2,1H3,(H,22,23). The fraction of sp³-hybridized carbons (Fsp3) is 0.300. The molecule has 2 aromatic heterocycles. The van der Waals surface area contributed by atoms with Gasteiger partial charge in [-0.2, -0.15) is 0 Å². The highest BCUT2D eigenvalue weighted by molar-refractivity contribution is 5.62. The van der Waals surface area contributed by atoms with Crippen molar-refractivity contribution in [1.82, 2.24) is 20.3 Å². The van der Waals surface area contributed by atoms with Gasteiger partial charge < -0.3 is 10.3 Å². The van der Waals surface area contributed by atoms with Gasteiger partial charge in [0.15, 0.2) is 0 Å². The van der Waals surface area contributed by atoms with E-state index in [1.54, 1.807) is 6.33 Å². The Bertz CT molecular complexity index is 792. The van der Waals surface area contributed by atoms with E-state index < -0.39 is 0 Å². The molecule has 0 saturated carbocycles. The largest absolute Gasteiger partial charge is 0.348 e. The predicted molar refractivity (Wildman–Crippen MR) is 95.6 cm³/mol. The van der Waals surface area contributed by atoms with Crippen LogP contribution in [0.5, 0.6) is 0 Å². The molecule has 2 unspecified atom stereocenters. The average molecular weight is 318 g/mol. The Labute approximate surface area is 142 Å². The van der Waals surface area contributed by atoms with Crippen molar-refractivity contribution in [3.63, 3.8) is 0 Å². The minimum atomic E-state index is 0.240. The van der Waals surface area contributed by atoms with E-state index in [4.69, 9.17) is 0 Å². The van der Waals surface area contributed by atoms with Crippen LogP contribution in [0.15, 0.2) is 55.0 Å². The summed E-state index contributed by atoms with van der Waals surface area (Å²) in [6.45, 7) is 2.19. The summed E-state index contributed by atoms with van der Waals surface area (Å²) in [4.78, 5) is 12.3. The van der Waals surface area contributed by atoms with Crippen LogP contribution in [0, 0.1) is 0 Å². The predicted octanol–water partition coefficient (Wildman–Crippen LogP) is 3.68. The average Bonchev–Trinajstić information content (AvgIpc) is 3.10. The van der Waals surface area contributed by atoms with Crippen LogP contribution in [0.3, 0.4) is 0 Å². The number of aromatic amines is 1. The zero-order valence-electron chi connectivity index (χ0n) is 13.9. The molecule has 2 atom stereocenters. The second-order valence-corrected chi connectivity index (χ2v) is 6.49. The summed E-state index contributed by atoms with van der Waals surface area (Å²) in [7, 11) is 0. The Morgan fingerprint density at radius 3 is 2.75 bits per heavy atom. The molecule has 2 N–H and O–H groups in total. The molecule has 4 rings (SSSR count). The maximum atomic E-state index is 4.67. The number of nitrogens with one attached hydrogen (secondary N) is 2. The van der Waals surface area contributed by atoms with Gasteiger partial charge in [-0.05, 0) is 31.4 Å². The minimum absolute atomic E-state index is 0.240. The first-order valence-electron chi connectivity index (χ1n) is 8.58. The molecule has 4 nitrogen and oxygen atoms in total. The van der Waals surface area contributed by atoms with E-state index in [0.29, 0.717) is 6.04 Å². The monoisotopic (exact) mass is 318 g/mol. The number of aromatic nitrogens is 3. The third kappa shape index (κ3) is 3.10. The fourth-order valence-corrected chi connectivity index (χ4v) is 3.44. The second kappa shape index (κ2) is 6.57. The first-order valence-corrected chi connectivity index (χ1v) is 8.58. The van der Waals surface area contributed by atoms with Gasteiger partial charge in [-0.3, -0.25) is 4.98 Å². The molecule has 3 aromatic rings. The van der Waals surface area contributed by atoms with E-state index in [-0.39, 0.29) is 6.04 Å². The highest BCUT2D eigenvalue weighted by atomic mass is 15.0. The third-order valence-corrected chi connectivity index (χ3v) is 4.81. The number of pyridine rings is 1. The Morgan fingerprint density at radius 2 is 1.96 bits per heavy atom. The molecule has 1 aromatic carbocycles. The number of imidazole rings is 1. The molecule has 1 aliphatic carbocycles. The van der Waals surface area contributed by atoms with E-state index in [9.17, 15) is 0 Å². The van der Waals surface area contributed by atoms with Crippen molar-refractivity contribution in [1.29, 1.82) is 0 Å². The maximum absolute atomic E-state index is 4.67. The Balaban J connectivity index is 1.42. The lowest BCUT2D eigenvalue weighted by molar-refractivity contribution is 0.405. The molecule has 0 aliphatic heterocycles. The molecule has 122 valence electrons. The summed E-state index contributed by atoms with van der Waals surface area (Å²) in [5.41, 5.74) is 5.96. The SMILES string of the molecule is CC(NC1CCc2nc[nH]c2C1)c1ccc(-c2ccccc2)cn1. The van der Waals surface area contributed by atoms with E-state index >= 15 is 0 Å². The Morgan fingerprint density at radius 1 is 1.08 bits per heavy atom. The van der Waals surface area contributed by atoms with Gasteiger partial charge in [0.1, 0.15) is 0 Å². The van der Waals surface area contributed by atoms with Crippen LogP contribution in [-0.2, 0) is 12.8 Å². The molecule has 0 radical (unpaired) electrons. The van der Waals surface area contributed by atoms with Crippen LogP contribution in [0.2, 0.25) is 0 Å². The lowest BCUT2D eigenvalue weighted by Crippen LogP contribution is -2.36. The van der Waals surface area contributed by atoms with Crippen LogP contribution in [0.25, 0.3) is 11.1 Å². The minimum Gasteiger partial charge on any atom is -0.348 e. The number of hydrogen-bond acceptors (Lipinski definition) is 3. The van der Waals surface area contributed by atoms with Gasteiger partial charge in [0.2, 0.25) is 0 Å². The van der Waals surface area contributed by atoms with Gasteiger partial charge in [-0.15, -0.1) is 0 Å². The van der Waals surface area contributed by atoms with Gasteiger partial charge in [-0.1, -0.05) is 36.4 Å². The van der Waals surface area contributed by atoms with Crippen molar-refractivity contribution in [2.45, 2.75) is 38.3 Å². The zero-order valence-corrected chi connectivity index (χ0v) is 13.9. The molecule has 4 heteroatoms. The fourth-order valence-electron chi connectivity index (χ4n) is 3.44. The molecular formula is C20H22N4. The van der Waals surface area contributed by atoms with Crippen LogP contribution in [0.1, 0.15) is 36.5 Å². The van der Waals surface area contributed by atoms with Crippen molar-refractivity contribution in [3.8, 4) is 11.1 Å².